The summed E-state index contributed by atoms with van der Waals surface area (Å²) < 4.78 is 5.21. The number of β-amino-alcohol motifs (C(OH)–C–C–N with tert-alkyl or cyclic N) is 1. The van der Waals surface area contributed by atoms with E-state index < -0.39 is 0 Å². The summed E-state index contributed by atoms with van der Waals surface area (Å²) >= 11 is 0. The summed E-state index contributed by atoms with van der Waals surface area (Å²) in [7, 11) is 1.63. The Morgan fingerprint density at radius 2 is 2.50 bits per heavy atom. The summed E-state index contributed by atoms with van der Waals surface area (Å²) in [5.74, 6) is 1.59. The van der Waals surface area contributed by atoms with Crippen LogP contribution in [0.15, 0.2) is 18.3 Å². The van der Waals surface area contributed by atoms with Gasteiger partial charge in [0.15, 0.2) is 11.6 Å². The maximum Gasteiger partial charge on any atom is 0.171 e. The number of anilines is 1. The maximum atomic E-state index is 9.41. The van der Waals surface area contributed by atoms with E-state index in [1.807, 2.05) is 17.0 Å². The predicted octanol–water partition coefficient (Wildman–Crippen LogP) is 0.661. The number of aromatic nitrogens is 1. The van der Waals surface area contributed by atoms with Crippen LogP contribution in [-0.4, -0.2) is 36.4 Å². The first-order valence-electron chi connectivity index (χ1n) is 4.73. The second-order valence-electron chi connectivity index (χ2n) is 3.42. The van der Waals surface area contributed by atoms with Gasteiger partial charge in [-0.05, 0) is 18.6 Å². The molecule has 14 heavy (non-hydrogen) atoms. The normalized spacial score (nSPS) is 21.3. The fraction of sp³-hybridized carbons (Fsp3) is 0.500. The van der Waals surface area contributed by atoms with Crippen LogP contribution in [0.4, 0.5) is 5.82 Å². The highest BCUT2D eigenvalue weighted by Gasteiger charge is 2.23. The lowest BCUT2D eigenvalue weighted by Crippen LogP contribution is -2.22. The number of hydrogen-bond acceptors (Lipinski definition) is 4. The van der Waals surface area contributed by atoms with Crippen LogP contribution in [0.3, 0.4) is 0 Å². The van der Waals surface area contributed by atoms with E-state index in [1.54, 1.807) is 13.3 Å². The Kier molecular flexibility index (Phi) is 2.54. The maximum absolute atomic E-state index is 9.41. The summed E-state index contributed by atoms with van der Waals surface area (Å²) in [5, 5.41) is 9.41. The van der Waals surface area contributed by atoms with E-state index >= 15 is 0 Å². The molecule has 4 nitrogen and oxygen atoms in total. The Morgan fingerprint density at radius 3 is 3.14 bits per heavy atom. The fourth-order valence-corrected chi connectivity index (χ4v) is 1.71. The van der Waals surface area contributed by atoms with Gasteiger partial charge < -0.3 is 14.7 Å². The Balaban J connectivity index is 2.22. The zero-order chi connectivity index (χ0) is 9.97. The standard InChI is InChI=1S/C10H14N2O2/c1-14-9-3-2-5-11-10(9)12-6-4-8(13)7-12/h2-3,5,8,13H,4,6-7H2,1H3/t8-/m0/s1. The Labute approximate surface area is 83.1 Å². The van der Waals surface area contributed by atoms with E-state index in [0.29, 0.717) is 6.54 Å². The van der Waals surface area contributed by atoms with E-state index in [9.17, 15) is 5.11 Å². The van der Waals surface area contributed by atoms with Crippen LogP contribution in [0.1, 0.15) is 6.42 Å². The molecule has 0 radical (unpaired) electrons. The highest BCUT2D eigenvalue weighted by atomic mass is 16.5. The van der Waals surface area contributed by atoms with Crippen molar-refractivity contribution < 1.29 is 9.84 Å². The van der Waals surface area contributed by atoms with Gasteiger partial charge in [0.1, 0.15) is 0 Å². The SMILES string of the molecule is COc1cccnc1N1CC[C@H](O)C1. The molecule has 0 saturated carbocycles. The van der Waals surface area contributed by atoms with Crippen LogP contribution in [0.5, 0.6) is 5.75 Å². The van der Waals surface area contributed by atoms with Crippen molar-refractivity contribution in [1.82, 2.24) is 4.98 Å². The Bertz CT molecular complexity index is 317. The van der Waals surface area contributed by atoms with E-state index in [0.717, 1.165) is 24.5 Å². The first-order valence-corrected chi connectivity index (χ1v) is 4.73. The molecule has 0 spiro atoms. The number of rotatable bonds is 2. The number of aliphatic hydroxyl groups excluding tert-OH is 1. The summed E-state index contributed by atoms with van der Waals surface area (Å²) in [6.07, 6.45) is 2.31. The molecule has 1 aromatic rings. The third-order valence-electron chi connectivity index (χ3n) is 2.43. The lowest BCUT2D eigenvalue weighted by atomic mass is 10.3. The molecule has 1 aliphatic heterocycles. The number of hydrogen-bond donors (Lipinski definition) is 1. The molecule has 1 atom stereocenters. The summed E-state index contributed by atoms with van der Waals surface area (Å²) in [6.45, 7) is 1.49. The number of nitrogens with zero attached hydrogens (tertiary/aromatic N) is 2. The van der Waals surface area contributed by atoms with Crippen molar-refractivity contribution in [1.29, 1.82) is 0 Å². The monoisotopic (exact) mass is 194 g/mol. The van der Waals surface area contributed by atoms with Gasteiger partial charge in [-0.25, -0.2) is 4.98 Å². The van der Waals surface area contributed by atoms with Crippen LogP contribution in [0, 0.1) is 0 Å². The van der Waals surface area contributed by atoms with Crippen molar-refractivity contribution in [2.45, 2.75) is 12.5 Å². The smallest absolute Gasteiger partial charge is 0.171 e. The van der Waals surface area contributed by atoms with Gasteiger partial charge in [0.25, 0.3) is 0 Å². The lowest BCUT2D eigenvalue weighted by Gasteiger charge is -2.18. The van der Waals surface area contributed by atoms with Crippen molar-refractivity contribution in [3.05, 3.63) is 18.3 Å². The fourth-order valence-electron chi connectivity index (χ4n) is 1.71. The van der Waals surface area contributed by atoms with Gasteiger partial charge in [-0.3, -0.25) is 0 Å². The van der Waals surface area contributed by atoms with E-state index in [-0.39, 0.29) is 6.10 Å². The molecule has 1 fully saturated rings. The Morgan fingerprint density at radius 1 is 1.64 bits per heavy atom. The van der Waals surface area contributed by atoms with Crippen LogP contribution >= 0.6 is 0 Å². The molecular weight excluding hydrogens is 180 g/mol. The second kappa shape index (κ2) is 3.84. The first kappa shape index (κ1) is 9.27. The Hall–Kier alpha value is -1.29. The van der Waals surface area contributed by atoms with Gasteiger partial charge in [-0.15, -0.1) is 0 Å². The lowest BCUT2D eigenvalue weighted by molar-refractivity contribution is 0.198. The molecule has 2 heterocycles. The van der Waals surface area contributed by atoms with Gasteiger partial charge >= 0.3 is 0 Å². The van der Waals surface area contributed by atoms with Crippen molar-refractivity contribution in [3.8, 4) is 5.75 Å². The average Bonchev–Trinajstić information content (AvgIpc) is 2.65. The van der Waals surface area contributed by atoms with Gasteiger partial charge in [-0.1, -0.05) is 0 Å². The molecule has 4 heteroatoms. The topological polar surface area (TPSA) is 45.6 Å². The highest BCUT2D eigenvalue weighted by molar-refractivity contribution is 5.52. The van der Waals surface area contributed by atoms with Crippen molar-refractivity contribution in [3.63, 3.8) is 0 Å². The molecule has 0 unspecified atom stereocenters. The number of pyridine rings is 1. The van der Waals surface area contributed by atoms with Crippen molar-refractivity contribution in [2.75, 3.05) is 25.1 Å². The molecule has 2 rings (SSSR count). The van der Waals surface area contributed by atoms with Crippen LogP contribution in [-0.2, 0) is 0 Å². The molecule has 1 saturated heterocycles. The molecule has 76 valence electrons. The minimum Gasteiger partial charge on any atom is -0.493 e. The molecule has 1 aliphatic rings. The number of ether oxygens (including phenoxy) is 1. The quantitative estimate of drug-likeness (QED) is 0.751. The van der Waals surface area contributed by atoms with Gasteiger partial charge in [0, 0.05) is 19.3 Å². The van der Waals surface area contributed by atoms with Crippen molar-refractivity contribution in [2.24, 2.45) is 0 Å². The van der Waals surface area contributed by atoms with Gasteiger partial charge in [0.2, 0.25) is 0 Å². The summed E-state index contributed by atoms with van der Waals surface area (Å²) in [5.41, 5.74) is 0. The molecule has 0 aromatic carbocycles. The largest absolute Gasteiger partial charge is 0.493 e. The zero-order valence-corrected chi connectivity index (χ0v) is 8.18. The summed E-state index contributed by atoms with van der Waals surface area (Å²) in [6, 6.07) is 3.72. The molecule has 1 aromatic heterocycles. The molecule has 0 amide bonds. The average molecular weight is 194 g/mol. The van der Waals surface area contributed by atoms with Crippen LogP contribution in [0.25, 0.3) is 0 Å². The second-order valence-corrected chi connectivity index (χ2v) is 3.42. The molecule has 0 aliphatic carbocycles. The van der Waals surface area contributed by atoms with E-state index in [2.05, 4.69) is 4.98 Å². The minimum atomic E-state index is -0.235. The molecular formula is C10H14N2O2. The summed E-state index contributed by atoms with van der Waals surface area (Å²) in [4.78, 5) is 6.30. The molecule has 1 N–H and O–H groups in total. The van der Waals surface area contributed by atoms with Crippen LogP contribution in [0.2, 0.25) is 0 Å². The molecule has 0 bridgehead atoms. The number of methoxy groups -OCH3 is 1. The van der Waals surface area contributed by atoms with E-state index in [4.69, 9.17) is 4.74 Å². The highest BCUT2D eigenvalue weighted by Crippen LogP contribution is 2.27. The van der Waals surface area contributed by atoms with E-state index in [1.165, 1.54) is 0 Å². The minimum absolute atomic E-state index is 0.235. The van der Waals surface area contributed by atoms with Crippen molar-refractivity contribution >= 4 is 5.82 Å². The predicted molar refractivity (Wildman–Crippen MR) is 53.6 cm³/mol. The van der Waals surface area contributed by atoms with Gasteiger partial charge in [0.05, 0.1) is 13.2 Å². The first-order chi connectivity index (χ1) is 6.81. The third-order valence-corrected chi connectivity index (χ3v) is 2.43. The van der Waals surface area contributed by atoms with Crippen LogP contribution < -0.4 is 9.64 Å². The number of aliphatic hydroxyl groups is 1. The third kappa shape index (κ3) is 1.65. The zero-order valence-electron chi connectivity index (χ0n) is 8.18. The van der Waals surface area contributed by atoms with Gasteiger partial charge in [-0.2, -0.15) is 0 Å².